The Kier molecular flexibility index (Phi) is 6.55. The van der Waals surface area contributed by atoms with E-state index in [1.807, 2.05) is 53.2 Å². The molecule has 0 radical (unpaired) electrons. The normalized spacial score (nSPS) is 16.3. The third kappa shape index (κ3) is 5.14. The topological polar surface area (TPSA) is 95.4 Å². The number of para-hydroxylation sites is 1. The number of rotatable bonds is 7. The van der Waals surface area contributed by atoms with Crippen molar-refractivity contribution in [3.63, 3.8) is 0 Å². The molecule has 0 saturated carbocycles. The minimum Gasteiger partial charge on any atom is -0.369 e. The van der Waals surface area contributed by atoms with Crippen LogP contribution in [0.4, 0.5) is 23.0 Å². The highest BCUT2D eigenvalue weighted by molar-refractivity contribution is 7.92. The second-order valence-corrected chi connectivity index (χ2v) is 11.3. The Hall–Kier alpha value is -3.63. The Bertz CT molecular complexity index is 1470. The van der Waals surface area contributed by atoms with Crippen LogP contribution in [0.3, 0.4) is 0 Å². The second-order valence-electron chi connectivity index (χ2n) is 9.25. The molecular weight excluding hydrogens is 474 g/mol. The largest absolute Gasteiger partial charge is 0.369 e. The first-order valence-electron chi connectivity index (χ1n) is 12.0. The van der Waals surface area contributed by atoms with Crippen molar-refractivity contribution >= 4 is 44.1 Å². The Morgan fingerprint density at radius 1 is 1.14 bits per heavy atom. The first-order chi connectivity index (χ1) is 17.3. The second kappa shape index (κ2) is 9.79. The lowest BCUT2D eigenvalue weighted by molar-refractivity contribution is 0.485. The molecule has 5 rings (SSSR count). The SMILES string of the molecule is C[C@@H]1CN(c2ccc(Nc3ncc4ccn(Cc5ccccc5N(C)S(C)(=O)=O)c4n3)cc2)CCN1. The van der Waals surface area contributed by atoms with Crippen LogP contribution >= 0.6 is 0 Å². The predicted octanol–water partition coefficient (Wildman–Crippen LogP) is 3.42. The molecule has 3 heterocycles. The van der Waals surface area contributed by atoms with E-state index in [4.69, 9.17) is 4.98 Å². The van der Waals surface area contributed by atoms with Crippen LogP contribution in [-0.4, -0.2) is 61.9 Å². The number of sulfonamides is 1. The van der Waals surface area contributed by atoms with Crippen LogP contribution in [0.15, 0.2) is 67.0 Å². The van der Waals surface area contributed by atoms with E-state index in [-0.39, 0.29) is 0 Å². The number of aromatic nitrogens is 3. The molecule has 0 bridgehead atoms. The average molecular weight is 506 g/mol. The van der Waals surface area contributed by atoms with E-state index in [1.165, 1.54) is 16.2 Å². The summed E-state index contributed by atoms with van der Waals surface area (Å²) >= 11 is 0. The fourth-order valence-corrected chi connectivity index (χ4v) is 5.06. The summed E-state index contributed by atoms with van der Waals surface area (Å²) in [6, 6.07) is 18.3. The first kappa shape index (κ1) is 24.1. The fourth-order valence-electron chi connectivity index (χ4n) is 4.52. The summed E-state index contributed by atoms with van der Waals surface area (Å²) in [5, 5.41) is 7.70. The molecule has 0 amide bonds. The first-order valence-corrected chi connectivity index (χ1v) is 13.8. The fraction of sp³-hybridized carbons (Fsp3) is 0.308. The monoisotopic (exact) mass is 505 g/mol. The smallest absolute Gasteiger partial charge is 0.232 e. The Morgan fingerprint density at radius 3 is 2.67 bits per heavy atom. The van der Waals surface area contributed by atoms with Gasteiger partial charge in [-0.1, -0.05) is 18.2 Å². The van der Waals surface area contributed by atoms with Crippen LogP contribution in [0.1, 0.15) is 12.5 Å². The third-order valence-electron chi connectivity index (χ3n) is 6.53. The lowest BCUT2D eigenvalue weighted by atomic mass is 10.2. The molecule has 2 aromatic carbocycles. The van der Waals surface area contributed by atoms with E-state index in [0.29, 0.717) is 24.2 Å². The zero-order chi connectivity index (χ0) is 25.3. The van der Waals surface area contributed by atoms with Crippen molar-refractivity contribution < 1.29 is 8.42 Å². The molecule has 188 valence electrons. The zero-order valence-electron chi connectivity index (χ0n) is 20.7. The van der Waals surface area contributed by atoms with Gasteiger partial charge in [-0.2, -0.15) is 4.98 Å². The van der Waals surface area contributed by atoms with Crippen LogP contribution in [0, 0.1) is 0 Å². The number of nitrogens with one attached hydrogen (secondary N) is 2. The highest BCUT2D eigenvalue weighted by atomic mass is 32.2. The minimum absolute atomic E-state index is 0.478. The van der Waals surface area contributed by atoms with Gasteiger partial charge >= 0.3 is 0 Å². The molecule has 1 atom stereocenters. The molecule has 1 fully saturated rings. The van der Waals surface area contributed by atoms with Crippen LogP contribution < -0.4 is 19.8 Å². The molecule has 2 aromatic heterocycles. The minimum atomic E-state index is -3.37. The van der Waals surface area contributed by atoms with Gasteiger partial charge in [-0.25, -0.2) is 13.4 Å². The molecule has 2 N–H and O–H groups in total. The maximum Gasteiger partial charge on any atom is 0.232 e. The van der Waals surface area contributed by atoms with Crippen molar-refractivity contribution in [1.29, 1.82) is 0 Å². The van der Waals surface area contributed by atoms with Gasteiger partial charge < -0.3 is 20.1 Å². The molecule has 0 aliphatic carbocycles. The number of fused-ring (bicyclic) bond motifs is 1. The molecule has 36 heavy (non-hydrogen) atoms. The van der Waals surface area contributed by atoms with Gasteiger partial charge in [-0.3, -0.25) is 4.31 Å². The number of anilines is 4. The lowest BCUT2D eigenvalue weighted by Crippen LogP contribution is -2.49. The van der Waals surface area contributed by atoms with Gasteiger partial charge in [0.2, 0.25) is 16.0 Å². The van der Waals surface area contributed by atoms with Crippen molar-refractivity contribution in [3.05, 3.63) is 72.6 Å². The molecule has 0 unspecified atom stereocenters. The molecule has 1 saturated heterocycles. The van der Waals surface area contributed by atoms with E-state index in [0.717, 1.165) is 41.9 Å². The van der Waals surface area contributed by atoms with Gasteiger partial charge in [0.05, 0.1) is 18.5 Å². The van der Waals surface area contributed by atoms with Gasteiger partial charge in [0, 0.05) is 61.9 Å². The average Bonchev–Trinajstić information content (AvgIpc) is 3.26. The highest BCUT2D eigenvalue weighted by Gasteiger charge is 2.17. The van der Waals surface area contributed by atoms with Crippen LogP contribution in [0.2, 0.25) is 0 Å². The lowest BCUT2D eigenvalue weighted by Gasteiger charge is -2.33. The number of nitrogens with zero attached hydrogens (tertiary/aromatic N) is 5. The number of hydrogen-bond acceptors (Lipinski definition) is 7. The highest BCUT2D eigenvalue weighted by Crippen LogP contribution is 2.25. The van der Waals surface area contributed by atoms with Gasteiger partial charge in [0.25, 0.3) is 0 Å². The Labute approximate surface area is 211 Å². The van der Waals surface area contributed by atoms with Gasteiger partial charge in [-0.15, -0.1) is 0 Å². The molecule has 1 aliphatic heterocycles. The van der Waals surface area contributed by atoms with E-state index in [9.17, 15) is 8.42 Å². The summed E-state index contributed by atoms with van der Waals surface area (Å²) in [5.41, 5.74) is 4.43. The number of hydrogen-bond donors (Lipinski definition) is 2. The van der Waals surface area contributed by atoms with Crippen molar-refractivity contribution in [2.75, 3.05) is 47.5 Å². The summed E-state index contributed by atoms with van der Waals surface area (Å²) in [5.74, 6) is 0.507. The summed E-state index contributed by atoms with van der Waals surface area (Å²) in [4.78, 5) is 11.6. The Balaban J connectivity index is 1.36. The maximum absolute atomic E-state index is 12.1. The van der Waals surface area contributed by atoms with Gasteiger partial charge in [-0.05, 0) is 48.9 Å². The summed E-state index contributed by atoms with van der Waals surface area (Å²) in [6.45, 7) is 5.66. The number of benzene rings is 2. The summed E-state index contributed by atoms with van der Waals surface area (Å²) < 4.78 is 27.6. The van der Waals surface area contributed by atoms with Gasteiger partial charge in [0.1, 0.15) is 5.65 Å². The quantitative estimate of drug-likeness (QED) is 0.397. The van der Waals surface area contributed by atoms with E-state index in [2.05, 4.69) is 39.6 Å². The molecule has 9 nitrogen and oxygen atoms in total. The third-order valence-corrected chi connectivity index (χ3v) is 7.72. The maximum atomic E-state index is 12.1. The van der Waals surface area contributed by atoms with E-state index in [1.54, 1.807) is 13.2 Å². The predicted molar refractivity (Wildman–Crippen MR) is 146 cm³/mol. The van der Waals surface area contributed by atoms with Crippen LogP contribution in [0.5, 0.6) is 0 Å². The van der Waals surface area contributed by atoms with Crippen molar-refractivity contribution in [2.45, 2.75) is 19.5 Å². The van der Waals surface area contributed by atoms with Crippen LogP contribution in [-0.2, 0) is 16.6 Å². The standard InChI is InChI=1S/C26H31N7O2S/c1-19-17-32(15-13-27-19)23-10-8-22(9-11-23)29-26-28-16-20-12-14-33(25(20)30-26)18-21-6-4-5-7-24(21)31(2)36(3,34)35/h4-12,14,16,19,27H,13,15,17-18H2,1-3H3,(H,28,29,30)/t19-/m1/s1. The molecule has 1 aliphatic rings. The molecule has 0 spiro atoms. The summed E-state index contributed by atoms with van der Waals surface area (Å²) in [6.07, 6.45) is 4.95. The zero-order valence-corrected chi connectivity index (χ0v) is 21.5. The Morgan fingerprint density at radius 2 is 1.92 bits per heavy atom. The van der Waals surface area contributed by atoms with Gasteiger partial charge in [0.15, 0.2) is 0 Å². The van der Waals surface area contributed by atoms with E-state index < -0.39 is 10.0 Å². The summed E-state index contributed by atoms with van der Waals surface area (Å²) in [7, 11) is -1.80. The number of piperazine rings is 1. The van der Waals surface area contributed by atoms with Crippen molar-refractivity contribution in [3.8, 4) is 0 Å². The van der Waals surface area contributed by atoms with E-state index >= 15 is 0 Å². The van der Waals surface area contributed by atoms with Crippen LogP contribution in [0.25, 0.3) is 11.0 Å². The molecular formula is C26H31N7O2S. The molecule has 10 heteroatoms. The molecule has 4 aromatic rings. The van der Waals surface area contributed by atoms with Crippen molar-refractivity contribution in [1.82, 2.24) is 19.9 Å². The van der Waals surface area contributed by atoms with Crippen molar-refractivity contribution in [2.24, 2.45) is 0 Å².